The molecule has 0 unspecified atom stereocenters. The topological polar surface area (TPSA) is 42.0 Å². The molecule has 2 aliphatic rings. The van der Waals surface area contributed by atoms with E-state index in [4.69, 9.17) is 9.47 Å². The molecule has 0 spiro atoms. The minimum absolute atomic E-state index is 0.152. The van der Waals surface area contributed by atoms with E-state index >= 15 is 0 Å². The molecule has 1 saturated carbocycles. The number of unbranched alkanes of at least 4 members (excludes halogenated alkanes) is 1. The van der Waals surface area contributed by atoms with Crippen molar-refractivity contribution in [2.24, 2.45) is 5.92 Å². The second-order valence-corrected chi connectivity index (χ2v) is 6.34. The highest BCUT2D eigenvalue weighted by Crippen LogP contribution is 2.29. The van der Waals surface area contributed by atoms with Gasteiger partial charge in [0.1, 0.15) is 0 Å². The smallest absolute Gasteiger partial charge is 0.409 e. The summed E-state index contributed by atoms with van der Waals surface area (Å²) in [5.41, 5.74) is 0. The van der Waals surface area contributed by atoms with Gasteiger partial charge in [0.05, 0.1) is 12.7 Å². The van der Waals surface area contributed by atoms with E-state index in [2.05, 4.69) is 18.7 Å². The van der Waals surface area contributed by atoms with Crippen molar-refractivity contribution in [1.29, 1.82) is 0 Å². The van der Waals surface area contributed by atoms with E-state index in [0.717, 1.165) is 58.1 Å². The number of ether oxygens (including phenoxy) is 2. The molecule has 122 valence electrons. The summed E-state index contributed by atoms with van der Waals surface area (Å²) >= 11 is 0. The van der Waals surface area contributed by atoms with Crippen molar-refractivity contribution in [3.63, 3.8) is 0 Å². The molecule has 1 amide bonds. The Morgan fingerprint density at radius 3 is 2.57 bits per heavy atom. The molecule has 5 nitrogen and oxygen atoms in total. The van der Waals surface area contributed by atoms with Gasteiger partial charge in [-0.15, -0.1) is 0 Å². The third-order valence-electron chi connectivity index (χ3n) is 4.18. The van der Waals surface area contributed by atoms with Gasteiger partial charge in [0.25, 0.3) is 0 Å². The normalized spacial score (nSPS) is 21.3. The van der Waals surface area contributed by atoms with Gasteiger partial charge in [-0.3, -0.25) is 4.90 Å². The third kappa shape index (κ3) is 6.22. The number of rotatable bonds is 8. The first-order chi connectivity index (χ1) is 10.2. The molecule has 2 fully saturated rings. The number of carbonyl (C=O) groups is 1. The summed E-state index contributed by atoms with van der Waals surface area (Å²) in [4.78, 5) is 16.1. The maximum atomic E-state index is 11.8. The van der Waals surface area contributed by atoms with Crippen molar-refractivity contribution in [2.45, 2.75) is 45.6 Å². The van der Waals surface area contributed by atoms with E-state index in [9.17, 15) is 4.79 Å². The third-order valence-corrected chi connectivity index (χ3v) is 4.18. The standard InChI is InChI=1S/C16H30N2O3/c1-3-4-11-20-16(19)18-9-7-17(8-10-18)12-14(2)21-13-15-5-6-15/h14-15H,3-13H2,1-2H3/t14-/m0/s1. The van der Waals surface area contributed by atoms with Crippen LogP contribution in [0.2, 0.25) is 0 Å². The molecular weight excluding hydrogens is 268 g/mol. The highest BCUT2D eigenvalue weighted by atomic mass is 16.6. The Bertz CT molecular complexity index is 313. The van der Waals surface area contributed by atoms with Crippen molar-refractivity contribution >= 4 is 6.09 Å². The van der Waals surface area contributed by atoms with Gasteiger partial charge in [-0.25, -0.2) is 4.79 Å². The zero-order chi connectivity index (χ0) is 15.1. The number of hydrogen-bond acceptors (Lipinski definition) is 4. The van der Waals surface area contributed by atoms with Crippen LogP contribution in [-0.4, -0.2) is 67.9 Å². The highest BCUT2D eigenvalue weighted by Gasteiger charge is 2.25. The molecule has 5 heteroatoms. The van der Waals surface area contributed by atoms with Gasteiger partial charge in [-0.1, -0.05) is 13.3 Å². The fourth-order valence-electron chi connectivity index (χ4n) is 2.51. The monoisotopic (exact) mass is 298 g/mol. The Balaban J connectivity index is 1.57. The van der Waals surface area contributed by atoms with Crippen LogP contribution in [0.25, 0.3) is 0 Å². The van der Waals surface area contributed by atoms with Gasteiger partial charge in [-0.2, -0.15) is 0 Å². The maximum absolute atomic E-state index is 11.8. The summed E-state index contributed by atoms with van der Waals surface area (Å²) in [6.45, 7) is 10.0. The van der Waals surface area contributed by atoms with Crippen LogP contribution in [0.15, 0.2) is 0 Å². The summed E-state index contributed by atoms with van der Waals surface area (Å²) in [6, 6.07) is 0. The molecule has 0 N–H and O–H groups in total. The minimum Gasteiger partial charge on any atom is -0.449 e. The molecule has 2 rings (SSSR count). The van der Waals surface area contributed by atoms with Gasteiger partial charge in [0.15, 0.2) is 0 Å². The van der Waals surface area contributed by atoms with Crippen molar-refractivity contribution in [1.82, 2.24) is 9.80 Å². The van der Waals surface area contributed by atoms with Crippen LogP contribution in [0.3, 0.4) is 0 Å². The van der Waals surface area contributed by atoms with Crippen LogP contribution in [0, 0.1) is 5.92 Å². The number of amides is 1. The summed E-state index contributed by atoms with van der Waals surface area (Å²) in [5.74, 6) is 0.821. The fraction of sp³-hybridized carbons (Fsp3) is 0.938. The summed E-state index contributed by atoms with van der Waals surface area (Å²) in [5, 5.41) is 0. The average molecular weight is 298 g/mol. The van der Waals surface area contributed by atoms with Crippen molar-refractivity contribution < 1.29 is 14.3 Å². The molecule has 0 aromatic carbocycles. The van der Waals surface area contributed by atoms with Crippen molar-refractivity contribution in [2.75, 3.05) is 45.9 Å². The van der Waals surface area contributed by atoms with Crippen LogP contribution in [-0.2, 0) is 9.47 Å². The molecule has 0 aromatic rings. The van der Waals surface area contributed by atoms with Gasteiger partial charge < -0.3 is 14.4 Å². The first-order valence-electron chi connectivity index (χ1n) is 8.44. The van der Waals surface area contributed by atoms with Crippen LogP contribution in [0.5, 0.6) is 0 Å². The number of hydrogen-bond donors (Lipinski definition) is 0. The van der Waals surface area contributed by atoms with Crippen LogP contribution in [0.4, 0.5) is 4.79 Å². The van der Waals surface area contributed by atoms with Crippen LogP contribution in [0.1, 0.15) is 39.5 Å². The Kier molecular flexibility index (Phi) is 6.77. The molecule has 0 aromatic heterocycles. The molecule has 0 radical (unpaired) electrons. The molecule has 1 saturated heterocycles. The predicted octanol–water partition coefficient (Wildman–Crippen LogP) is 2.36. The quantitative estimate of drug-likeness (QED) is 0.645. The first-order valence-corrected chi connectivity index (χ1v) is 8.44. The Morgan fingerprint density at radius 2 is 1.95 bits per heavy atom. The average Bonchev–Trinajstić information content (AvgIpc) is 3.30. The van der Waals surface area contributed by atoms with Gasteiger partial charge in [-0.05, 0) is 32.1 Å². The molecule has 21 heavy (non-hydrogen) atoms. The molecule has 0 bridgehead atoms. The lowest BCUT2D eigenvalue weighted by molar-refractivity contribution is 0.0172. The molecule has 1 atom stereocenters. The SMILES string of the molecule is CCCCOC(=O)N1CCN(C[C@H](C)OCC2CC2)CC1. The lowest BCUT2D eigenvalue weighted by Gasteiger charge is -2.35. The van der Waals surface area contributed by atoms with Crippen molar-refractivity contribution in [3.8, 4) is 0 Å². The summed E-state index contributed by atoms with van der Waals surface area (Å²) in [7, 11) is 0. The Hall–Kier alpha value is -0.810. The number of piperazine rings is 1. The summed E-state index contributed by atoms with van der Waals surface area (Å²) in [6.07, 6.45) is 4.81. The van der Waals surface area contributed by atoms with Crippen LogP contribution < -0.4 is 0 Å². The van der Waals surface area contributed by atoms with Crippen LogP contribution >= 0.6 is 0 Å². The number of carbonyl (C=O) groups excluding carboxylic acids is 1. The lowest BCUT2D eigenvalue weighted by Crippen LogP contribution is -2.50. The van der Waals surface area contributed by atoms with Gasteiger partial charge >= 0.3 is 6.09 Å². The zero-order valence-corrected chi connectivity index (χ0v) is 13.6. The molecule has 1 aliphatic heterocycles. The van der Waals surface area contributed by atoms with Gasteiger partial charge in [0.2, 0.25) is 0 Å². The van der Waals surface area contributed by atoms with Gasteiger partial charge in [0, 0.05) is 39.3 Å². The van der Waals surface area contributed by atoms with E-state index in [0.29, 0.717) is 6.61 Å². The largest absolute Gasteiger partial charge is 0.449 e. The maximum Gasteiger partial charge on any atom is 0.409 e. The lowest BCUT2D eigenvalue weighted by atomic mass is 10.3. The second-order valence-electron chi connectivity index (χ2n) is 6.34. The predicted molar refractivity (Wildman–Crippen MR) is 82.4 cm³/mol. The second kappa shape index (κ2) is 8.59. The zero-order valence-electron chi connectivity index (χ0n) is 13.6. The molecule has 1 heterocycles. The van der Waals surface area contributed by atoms with E-state index < -0.39 is 0 Å². The minimum atomic E-state index is -0.152. The van der Waals surface area contributed by atoms with Crippen molar-refractivity contribution in [3.05, 3.63) is 0 Å². The van der Waals surface area contributed by atoms with E-state index in [1.807, 2.05) is 4.90 Å². The Labute approximate surface area is 128 Å². The first kappa shape index (κ1) is 16.6. The fourth-order valence-corrected chi connectivity index (χ4v) is 2.51. The molecular formula is C16H30N2O3. The summed E-state index contributed by atoms with van der Waals surface area (Å²) < 4.78 is 11.1. The van der Waals surface area contributed by atoms with E-state index in [-0.39, 0.29) is 12.2 Å². The number of nitrogens with zero attached hydrogens (tertiary/aromatic N) is 2. The molecule has 1 aliphatic carbocycles. The highest BCUT2D eigenvalue weighted by molar-refractivity contribution is 5.67. The Morgan fingerprint density at radius 1 is 1.24 bits per heavy atom. The van der Waals surface area contributed by atoms with E-state index in [1.54, 1.807) is 0 Å². The van der Waals surface area contributed by atoms with E-state index in [1.165, 1.54) is 12.8 Å².